The molecule has 0 saturated heterocycles. The number of benzene rings is 2. The minimum absolute atomic E-state index is 0.156. The summed E-state index contributed by atoms with van der Waals surface area (Å²) < 4.78 is 10.8. The van der Waals surface area contributed by atoms with Gasteiger partial charge < -0.3 is 20.1 Å². The molecule has 2 aromatic carbocycles. The predicted molar refractivity (Wildman–Crippen MR) is 114 cm³/mol. The molecule has 1 amide bonds. The molecule has 0 spiro atoms. The molecular weight excluding hydrogens is 366 g/mol. The highest BCUT2D eigenvalue weighted by atomic mass is 16.5. The average molecular weight is 391 g/mol. The molecule has 0 aliphatic carbocycles. The molecule has 150 valence electrons. The Hall–Kier alpha value is -3.54. The molecule has 6 heteroatoms. The molecule has 3 rings (SSSR count). The van der Waals surface area contributed by atoms with Crippen molar-refractivity contribution in [2.75, 3.05) is 25.6 Å². The van der Waals surface area contributed by atoms with Gasteiger partial charge in [0.25, 0.3) is 5.91 Å². The molecule has 0 radical (unpaired) electrons. The maximum atomic E-state index is 12.4. The second kappa shape index (κ2) is 10.1. The summed E-state index contributed by atoms with van der Waals surface area (Å²) >= 11 is 0. The summed E-state index contributed by atoms with van der Waals surface area (Å²) in [5, 5.41) is 6.14. The highest BCUT2D eigenvalue weighted by Crippen LogP contribution is 2.17. The number of aryl methyl sites for hydroxylation is 1. The van der Waals surface area contributed by atoms with Crippen molar-refractivity contribution in [1.82, 2.24) is 10.3 Å². The quantitative estimate of drug-likeness (QED) is 0.543. The Morgan fingerprint density at radius 3 is 2.45 bits per heavy atom. The van der Waals surface area contributed by atoms with Crippen LogP contribution in [0.1, 0.15) is 21.5 Å². The maximum Gasteiger partial charge on any atom is 0.253 e. The predicted octanol–water partition coefficient (Wildman–Crippen LogP) is 3.82. The van der Waals surface area contributed by atoms with Crippen molar-refractivity contribution < 1.29 is 14.3 Å². The minimum Gasteiger partial charge on any atom is -0.497 e. The van der Waals surface area contributed by atoms with Crippen LogP contribution in [0.3, 0.4) is 0 Å². The van der Waals surface area contributed by atoms with Gasteiger partial charge in [0.2, 0.25) is 0 Å². The first-order valence-corrected chi connectivity index (χ1v) is 9.43. The lowest BCUT2D eigenvalue weighted by atomic mass is 10.1. The van der Waals surface area contributed by atoms with E-state index in [2.05, 4.69) is 15.6 Å². The second-order valence-corrected chi connectivity index (χ2v) is 6.58. The third-order valence-corrected chi connectivity index (χ3v) is 4.33. The van der Waals surface area contributed by atoms with E-state index >= 15 is 0 Å². The van der Waals surface area contributed by atoms with Crippen molar-refractivity contribution in [1.29, 1.82) is 0 Å². The Kier molecular flexibility index (Phi) is 7.05. The molecule has 0 aliphatic rings. The van der Waals surface area contributed by atoms with Gasteiger partial charge in [0.05, 0.1) is 18.4 Å². The minimum atomic E-state index is -0.156. The molecule has 1 aromatic heterocycles. The van der Waals surface area contributed by atoms with E-state index in [9.17, 15) is 4.79 Å². The number of rotatable bonds is 9. The molecule has 0 fully saturated rings. The van der Waals surface area contributed by atoms with E-state index < -0.39 is 0 Å². The van der Waals surface area contributed by atoms with Gasteiger partial charge in [-0.25, -0.2) is 0 Å². The first-order valence-electron chi connectivity index (χ1n) is 9.43. The summed E-state index contributed by atoms with van der Waals surface area (Å²) in [5.74, 6) is 1.41. The van der Waals surface area contributed by atoms with Crippen LogP contribution in [0, 0.1) is 6.92 Å². The molecule has 29 heavy (non-hydrogen) atoms. The summed E-state index contributed by atoms with van der Waals surface area (Å²) in [6.45, 7) is 3.58. The fourth-order valence-corrected chi connectivity index (χ4v) is 2.69. The Labute approximate surface area is 170 Å². The maximum absolute atomic E-state index is 12.4. The molecule has 0 aliphatic heterocycles. The Bertz CT molecular complexity index is 925. The van der Waals surface area contributed by atoms with Gasteiger partial charge in [-0.2, -0.15) is 0 Å². The van der Waals surface area contributed by atoms with Gasteiger partial charge in [-0.1, -0.05) is 29.8 Å². The number of nitrogens with zero attached hydrogens (tertiary/aromatic N) is 1. The van der Waals surface area contributed by atoms with Crippen LogP contribution in [0.2, 0.25) is 0 Å². The molecule has 1 heterocycles. The number of nitrogens with one attached hydrogen (secondary N) is 2. The lowest BCUT2D eigenvalue weighted by Crippen LogP contribution is -2.23. The zero-order valence-electron chi connectivity index (χ0n) is 16.6. The third kappa shape index (κ3) is 6.24. The summed E-state index contributed by atoms with van der Waals surface area (Å²) in [4.78, 5) is 16.5. The number of amides is 1. The molecule has 0 unspecified atom stereocenters. The van der Waals surface area contributed by atoms with Crippen LogP contribution in [0.15, 0.2) is 67.0 Å². The number of pyridine rings is 1. The lowest BCUT2D eigenvalue weighted by Gasteiger charge is -2.10. The van der Waals surface area contributed by atoms with Gasteiger partial charge >= 0.3 is 0 Å². The van der Waals surface area contributed by atoms with Gasteiger partial charge in [0.15, 0.2) is 0 Å². The molecule has 6 nitrogen and oxygen atoms in total. The molecule has 0 saturated carbocycles. The molecule has 3 aromatic rings. The highest BCUT2D eigenvalue weighted by molar-refractivity contribution is 5.94. The monoisotopic (exact) mass is 391 g/mol. The van der Waals surface area contributed by atoms with Crippen LogP contribution in [0.25, 0.3) is 0 Å². The van der Waals surface area contributed by atoms with E-state index in [0.29, 0.717) is 25.3 Å². The highest BCUT2D eigenvalue weighted by Gasteiger charge is 2.07. The van der Waals surface area contributed by atoms with E-state index in [1.165, 1.54) is 5.56 Å². The van der Waals surface area contributed by atoms with Crippen LogP contribution in [-0.2, 0) is 6.54 Å². The van der Waals surface area contributed by atoms with Crippen LogP contribution < -0.4 is 20.1 Å². The van der Waals surface area contributed by atoms with E-state index in [1.54, 1.807) is 25.6 Å². The average Bonchev–Trinajstić information content (AvgIpc) is 2.77. The number of ether oxygens (including phenoxy) is 2. The zero-order chi connectivity index (χ0) is 20.5. The van der Waals surface area contributed by atoms with Crippen molar-refractivity contribution >= 4 is 11.6 Å². The fourth-order valence-electron chi connectivity index (χ4n) is 2.69. The van der Waals surface area contributed by atoms with Crippen molar-refractivity contribution in [3.8, 4) is 11.5 Å². The van der Waals surface area contributed by atoms with Crippen molar-refractivity contribution in [3.05, 3.63) is 83.7 Å². The standard InChI is InChI=1S/C23H25N3O3/c1-17-3-5-18(6-4-17)14-26-23(27)19-13-20(16-24-15-19)25-11-12-29-22-9-7-21(28-2)8-10-22/h3-10,13,15-16,25H,11-12,14H2,1-2H3,(H,26,27). The second-order valence-electron chi connectivity index (χ2n) is 6.58. The first kappa shape index (κ1) is 20.2. The largest absolute Gasteiger partial charge is 0.497 e. The summed E-state index contributed by atoms with van der Waals surface area (Å²) in [5.41, 5.74) is 3.53. The van der Waals surface area contributed by atoms with Crippen molar-refractivity contribution in [3.63, 3.8) is 0 Å². The summed E-state index contributed by atoms with van der Waals surface area (Å²) in [6, 6.07) is 17.3. The van der Waals surface area contributed by atoms with E-state index in [1.807, 2.05) is 55.5 Å². The normalized spacial score (nSPS) is 10.3. The Balaban J connectivity index is 1.45. The number of carbonyl (C=O) groups excluding carboxylic acids is 1. The Morgan fingerprint density at radius 1 is 1.00 bits per heavy atom. The number of methoxy groups -OCH3 is 1. The summed E-state index contributed by atoms with van der Waals surface area (Å²) in [6.07, 6.45) is 3.24. The van der Waals surface area contributed by atoms with Crippen LogP contribution in [0.5, 0.6) is 11.5 Å². The van der Waals surface area contributed by atoms with E-state index in [4.69, 9.17) is 9.47 Å². The van der Waals surface area contributed by atoms with E-state index in [0.717, 1.165) is 22.7 Å². The SMILES string of the molecule is COc1ccc(OCCNc2cncc(C(=O)NCc3ccc(C)cc3)c2)cc1. The van der Waals surface area contributed by atoms with Crippen LogP contribution in [-0.4, -0.2) is 31.2 Å². The topological polar surface area (TPSA) is 72.5 Å². The molecule has 0 atom stereocenters. The van der Waals surface area contributed by atoms with Crippen molar-refractivity contribution in [2.45, 2.75) is 13.5 Å². The third-order valence-electron chi connectivity index (χ3n) is 4.33. The fraction of sp³-hybridized carbons (Fsp3) is 0.217. The van der Waals surface area contributed by atoms with Gasteiger partial charge in [0, 0.05) is 25.5 Å². The van der Waals surface area contributed by atoms with Crippen molar-refractivity contribution in [2.24, 2.45) is 0 Å². The number of hydrogen-bond donors (Lipinski definition) is 2. The smallest absolute Gasteiger partial charge is 0.253 e. The van der Waals surface area contributed by atoms with E-state index in [-0.39, 0.29) is 5.91 Å². The number of hydrogen-bond acceptors (Lipinski definition) is 5. The first-order chi connectivity index (χ1) is 14.1. The summed E-state index contributed by atoms with van der Waals surface area (Å²) in [7, 11) is 1.63. The van der Waals surface area contributed by atoms with Crippen LogP contribution >= 0.6 is 0 Å². The molecule has 2 N–H and O–H groups in total. The lowest BCUT2D eigenvalue weighted by molar-refractivity contribution is 0.0950. The number of aromatic nitrogens is 1. The van der Waals surface area contributed by atoms with Gasteiger partial charge in [-0.3, -0.25) is 9.78 Å². The number of carbonyl (C=O) groups is 1. The molecule has 0 bridgehead atoms. The van der Waals surface area contributed by atoms with Crippen LogP contribution in [0.4, 0.5) is 5.69 Å². The number of anilines is 1. The van der Waals surface area contributed by atoms with Gasteiger partial charge in [0.1, 0.15) is 18.1 Å². The van der Waals surface area contributed by atoms with Gasteiger partial charge in [-0.15, -0.1) is 0 Å². The zero-order valence-corrected chi connectivity index (χ0v) is 16.6. The van der Waals surface area contributed by atoms with Gasteiger partial charge in [-0.05, 0) is 42.8 Å². The molecular formula is C23H25N3O3. The Morgan fingerprint density at radius 2 is 1.72 bits per heavy atom.